The molecule has 22 heavy (non-hydrogen) atoms. The Morgan fingerprint density at radius 3 is 2.68 bits per heavy atom. The molecule has 0 atom stereocenters. The highest BCUT2D eigenvalue weighted by molar-refractivity contribution is 5.37. The summed E-state index contributed by atoms with van der Waals surface area (Å²) in [5, 5.41) is 8.50. The van der Waals surface area contributed by atoms with Crippen LogP contribution in [0.5, 0.6) is 0 Å². The smallest absolute Gasteiger partial charge is 0.178 e. The SMILES string of the molecule is CC1(C)COC(Cn2ncc(C#Cc3ccncc3)n2)OC1. The zero-order valence-electron chi connectivity index (χ0n) is 12.7. The average molecular weight is 298 g/mol. The van der Waals surface area contributed by atoms with Gasteiger partial charge in [-0.25, -0.2) is 0 Å². The van der Waals surface area contributed by atoms with Crippen molar-refractivity contribution in [2.45, 2.75) is 26.7 Å². The Bertz CT molecular complexity index is 675. The van der Waals surface area contributed by atoms with Gasteiger partial charge in [-0.1, -0.05) is 19.8 Å². The van der Waals surface area contributed by atoms with Crippen molar-refractivity contribution in [3.63, 3.8) is 0 Å². The Morgan fingerprint density at radius 1 is 1.23 bits per heavy atom. The Labute approximate surface area is 129 Å². The van der Waals surface area contributed by atoms with Crippen molar-refractivity contribution in [2.24, 2.45) is 5.41 Å². The van der Waals surface area contributed by atoms with Crippen LogP contribution in [0.1, 0.15) is 25.1 Å². The maximum atomic E-state index is 5.67. The average Bonchev–Trinajstić information content (AvgIpc) is 2.96. The van der Waals surface area contributed by atoms with E-state index in [9.17, 15) is 0 Å². The molecule has 1 aliphatic heterocycles. The van der Waals surface area contributed by atoms with Crippen LogP contribution in [-0.4, -0.2) is 39.5 Å². The van der Waals surface area contributed by atoms with Crippen LogP contribution in [-0.2, 0) is 16.0 Å². The molecule has 0 unspecified atom stereocenters. The van der Waals surface area contributed by atoms with Gasteiger partial charge in [0.05, 0.1) is 19.4 Å². The molecule has 0 amide bonds. The summed E-state index contributed by atoms with van der Waals surface area (Å²) in [6, 6.07) is 3.70. The number of aromatic nitrogens is 4. The summed E-state index contributed by atoms with van der Waals surface area (Å²) in [4.78, 5) is 5.51. The fourth-order valence-electron chi connectivity index (χ4n) is 1.98. The maximum absolute atomic E-state index is 5.67. The summed E-state index contributed by atoms with van der Waals surface area (Å²) >= 11 is 0. The first kappa shape index (κ1) is 14.7. The summed E-state index contributed by atoms with van der Waals surface area (Å²) in [7, 11) is 0. The van der Waals surface area contributed by atoms with Gasteiger partial charge >= 0.3 is 0 Å². The third kappa shape index (κ3) is 3.91. The molecule has 0 aliphatic carbocycles. The van der Waals surface area contributed by atoms with Crippen LogP contribution in [0.25, 0.3) is 0 Å². The minimum atomic E-state index is -0.304. The number of hydrogen-bond donors (Lipinski definition) is 0. The van der Waals surface area contributed by atoms with Gasteiger partial charge in [0, 0.05) is 23.4 Å². The third-order valence-corrected chi connectivity index (χ3v) is 3.18. The van der Waals surface area contributed by atoms with Crippen LogP contribution in [0, 0.1) is 17.3 Å². The second-order valence-corrected chi connectivity index (χ2v) is 5.99. The lowest BCUT2D eigenvalue weighted by Gasteiger charge is -2.34. The number of pyridine rings is 1. The van der Waals surface area contributed by atoms with Gasteiger partial charge in [0.1, 0.15) is 6.54 Å². The quantitative estimate of drug-likeness (QED) is 0.786. The van der Waals surface area contributed by atoms with Crippen molar-refractivity contribution in [1.29, 1.82) is 0 Å². The van der Waals surface area contributed by atoms with E-state index in [-0.39, 0.29) is 11.7 Å². The molecule has 0 radical (unpaired) electrons. The van der Waals surface area contributed by atoms with Crippen LogP contribution in [0.2, 0.25) is 0 Å². The standard InChI is InChI=1S/C16H18N4O2/c1-16(2)11-21-15(22-12-16)10-20-18-9-14(19-20)4-3-13-5-7-17-8-6-13/h5-9,15H,10-12H2,1-2H3. The second kappa shape index (κ2) is 6.26. The highest BCUT2D eigenvalue weighted by atomic mass is 16.7. The van der Waals surface area contributed by atoms with E-state index >= 15 is 0 Å². The minimum absolute atomic E-state index is 0.0647. The van der Waals surface area contributed by atoms with Gasteiger partial charge < -0.3 is 9.47 Å². The summed E-state index contributed by atoms with van der Waals surface area (Å²) in [5.41, 5.74) is 1.58. The maximum Gasteiger partial charge on any atom is 0.178 e. The minimum Gasteiger partial charge on any atom is -0.350 e. The monoisotopic (exact) mass is 298 g/mol. The van der Waals surface area contributed by atoms with Crippen molar-refractivity contribution in [3.8, 4) is 11.8 Å². The van der Waals surface area contributed by atoms with E-state index in [0.717, 1.165) is 5.56 Å². The zero-order valence-corrected chi connectivity index (χ0v) is 12.7. The molecule has 3 heterocycles. The lowest BCUT2D eigenvalue weighted by atomic mass is 9.96. The molecule has 0 aromatic carbocycles. The molecule has 0 N–H and O–H groups in total. The summed E-state index contributed by atoms with van der Waals surface area (Å²) in [6.45, 7) is 6.04. The fourth-order valence-corrected chi connectivity index (χ4v) is 1.98. The van der Waals surface area contributed by atoms with Gasteiger partial charge in [-0.2, -0.15) is 9.90 Å². The molecule has 1 saturated heterocycles. The third-order valence-electron chi connectivity index (χ3n) is 3.18. The van der Waals surface area contributed by atoms with E-state index in [4.69, 9.17) is 9.47 Å². The van der Waals surface area contributed by atoms with Gasteiger partial charge in [-0.3, -0.25) is 4.98 Å². The zero-order chi connectivity index (χ0) is 15.4. The van der Waals surface area contributed by atoms with Crippen molar-refractivity contribution in [3.05, 3.63) is 42.0 Å². The van der Waals surface area contributed by atoms with E-state index in [2.05, 4.69) is 40.9 Å². The van der Waals surface area contributed by atoms with Crippen LogP contribution in [0.15, 0.2) is 30.7 Å². The molecule has 0 bridgehead atoms. The van der Waals surface area contributed by atoms with E-state index in [1.54, 1.807) is 23.4 Å². The van der Waals surface area contributed by atoms with Gasteiger partial charge in [-0.05, 0) is 18.1 Å². The van der Waals surface area contributed by atoms with Crippen molar-refractivity contribution in [1.82, 2.24) is 20.0 Å². The van der Waals surface area contributed by atoms with Crippen molar-refractivity contribution < 1.29 is 9.47 Å². The molecular formula is C16H18N4O2. The first-order chi connectivity index (χ1) is 10.6. The molecule has 2 aromatic heterocycles. The van der Waals surface area contributed by atoms with Crippen molar-refractivity contribution in [2.75, 3.05) is 13.2 Å². The largest absolute Gasteiger partial charge is 0.350 e. The highest BCUT2D eigenvalue weighted by Gasteiger charge is 2.28. The van der Waals surface area contributed by atoms with Crippen LogP contribution < -0.4 is 0 Å². The van der Waals surface area contributed by atoms with E-state index in [1.807, 2.05) is 12.1 Å². The molecule has 6 heteroatoms. The molecule has 2 aromatic rings. The lowest BCUT2D eigenvalue weighted by molar-refractivity contribution is -0.228. The first-order valence-electron chi connectivity index (χ1n) is 7.16. The Balaban J connectivity index is 1.59. The molecule has 0 saturated carbocycles. The predicted octanol–water partition coefficient (Wildman–Crippen LogP) is 1.47. The van der Waals surface area contributed by atoms with Gasteiger partial charge in [-0.15, -0.1) is 5.10 Å². The Morgan fingerprint density at radius 2 is 1.95 bits per heavy atom. The topological polar surface area (TPSA) is 62.1 Å². The Hall–Kier alpha value is -2.23. The normalized spacial score (nSPS) is 17.7. The molecular weight excluding hydrogens is 280 g/mol. The molecule has 6 nitrogen and oxygen atoms in total. The van der Waals surface area contributed by atoms with Crippen molar-refractivity contribution >= 4 is 0 Å². The fraction of sp³-hybridized carbons (Fsp3) is 0.438. The molecule has 114 valence electrons. The predicted molar refractivity (Wildman–Crippen MR) is 79.7 cm³/mol. The summed E-state index contributed by atoms with van der Waals surface area (Å²) in [6.07, 6.45) is 4.75. The molecule has 0 spiro atoms. The number of hydrogen-bond acceptors (Lipinski definition) is 5. The van der Waals surface area contributed by atoms with Crippen LogP contribution >= 0.6 is 0 Å². The summed E-state index contributed by atoms with van der Waals surface area (Å²) < 4.78 is 11.3. The van der Waals surface area contributed by atoms with Crippen LogP contribution in [0.4, 0.5) is 0 Å². The number of nitrogens with zero attached hydrogens (tertiary/aromatic N) is 4. The van der Waals surface area contributed by atoms with Gasteiger partial charge in [0.2, 0.25) is 0 Å². The highest BCUT2D eigenvalue weighted by Crippen LogP contribution is 2.23. The Kier molecular flexibility index (Phi) is 4.18. The molecule has 1 aliphatic rings. The van der Waals surface area contributed by atoms with Crippen LogP contribution in [0.3, 0.4) is 0 Å². The lowest BCUT2D eigenvalue weighted by Crippen LogP contribution is -2.39. The summed E-state index contributed by atoms with van der Waals surface area (Å²) in [5.74, 6) is 6.00. The van der Waals surface area contributed by atoms with E-state index in [0.29, 0.717) is 25.5 Å². The van der Waals surface area contributed by atoms with Gasteiger partial charge in [0.15, 0.2) is 12.0 Å². The number of ether oxygens (including phenoxy) is 2. The molecule has 1 fully saturated rings. The molecule has 3 rings (SSSR count). The van der Waals surface area contributed by atoms with Gasteiger partial charge in [0.25, 0.3) is 0 Å². The van der Waals surface area contributed by atoms with E-state index in [1.165, 1.54) is 0 Å². The number of rotatable bonds is 2. The first-order valence-corrected chi connectivity index (χ1v) is 7.16. The second-order valence-electron chi connectivity index (χ2n) is 5.99. The van der Waals surface area contributed by atoms with E-state index < -0.39 is 0 Å².